The van der Waals surface area contributed by atoms with Gasteiger partial charge in [-0.05, 0) is 19.1 Å². The van der Waals surface area contributed by atoms with Gasteiger partial charge in [0.05, 0.1) is 19.3 Å². The summed E-state index contributed by atoms with van der Waals surface area (Å²) in [7, 11) is 1.55. The lowest BCUT2D eigenvalue weighted by molar-refractivity contribution is 0.387. The summed E-state index contributed by atoms with van der Waals surface area (Å²) in [4.78, 5) is 8.32. The SMILES string of the molecule is COc1nc(C)cnc1CNC(N)=S. The summed E-state index contributed by atoms with van der Waals surface area (Å²) < 4.78 is 5.06. The molecule has 0 aliphatic heterocycles. The smallest absolute Gasteiger partial charge is 0.237 e. The van der Waals surface area contributed by atoms with Crippen molar-refractivity contribution < 1.29 is 4.74 Å². The molecular weight excluding hydrogens is 200 g/mol. The van der Waals surface area contributed by atoms with E-state index in [4.69, 9.17) is 10.5 Å². The fourth-order valence-electron chi connectivity index (χ4n) is 0.936. The number of hydrogen-bond acceptors (Lipinski definition) is 4. The molecule has 1 aromatic heterocycles. The molecule has 0 bridgehead atoms. The number of nitrogens with one attached hydrogen (secondary N) is 1. The Balaban J connectivity index is 2.80. The van der Waals surface area contributed by atoms with Crippen molar-refractivity contribution in [3.05, 3.63) is 17.6 Å². The number of aromatic nitrogens is 2. The van der Waals surface area contributed by atoms with Crippen LogP contribution in [0.2, 0.25) is 0 Å². The zero-order valence-corrected chi connectivity index (χ0v) is 8.89. The highest BCUT2D eigenvalue weighted by atomic mass is 32.1. The molecule has 1 heterocycles. The van der Waals surface area contributed by atoms with Gasteiger partial charge in [-0.1, -0.05) is 0 Å². The maximum atomic E-state index is 5.29. The standard InChI is InChI=1S/C8H12N4OS/c1-5-3-10-6(4-11-8(9)14)7(12-5)13-2/h3H,4H2,1-2H3,(H3,9,11,14). The van der Waals surface area contributed by atoms with E-state index in [9.17, 15) is 0 Å². The van der Waals surface area contributed by atoms with Crippen molar-refractivity contribution >= 4 is 17.3 Å². The predicted molar refractivity (Wildman–Crippen MR) is 56.9 cm³/mol. The van der Waals surface area contributed by atoms with E-state index in [1.54, 1.807) is 13.3 Å². The first-order valence-corrected chi connectivity index (χ1v) is 4.44. The van der Waals surface area contributed by atoms with Crippen molar-refractivity contribution in [1.82, 2.24) is 15.3 Å². The van der Waals surface area contributed by atoms with Crippen molar-refractivity contribution in [2.24, 2.45) is 5.73 Å². The van der Waals surface area contributed by atoms with Crippen molar-refractivity contribution in [1.29, 1.82) is 0 Å². The van der Waals surface area contributed by atoms with E-state index in [-0.39, 0.29) is 5.11 Å². The number of ether oxygens (including phenoxy) is 1. The molecule has 0 atom stereocenters. The molecule has 0 saturated carbocycles. The molecule has 0 aliphatic carbocycles. The van der Waals surface area contributed by atoms with Gasteiger partial charge in [-0.25, -0.2) is 4.98 Å². The van der Waals surface area contributed by atoms with Gasteiger partial charge in [-0.2, -0.15) is 0 Å². The monoisotopic (exact) mass is 212 g/mol. The van der Waals surface area contributed by atoms with Gasteiger partial charge < -0.3 is 15.8 Å². The number of hydrogen-bond donors (Lipinski definition) is 2. The van der Waals surface area contributed by atoms with Gasteiger partial charge in [-0.3, -0.25) is 4.98 Å². The van der Waals surface area contributed by atoms with Crippen molar-refractivity contribution in [3.8, 4) is 5.88 Å². The van der Waals surface area contributed by atoms with Gasteiger partial charge in [0, 0.05) is 6.20 Å². The fourth-order valence-corrected chi connectivity index (χ4v) is 1.01. The summed E-state index contributed by atoms with van der Waals surface area (Å²) in [6, 6.07) is 0. The average molecular weight is 212 g/mol. The Morgan fingerprint density at radius 3 is 3.00 bits per heavy atom. The molecule has 0 aromatic carbocycles. The lowest BCUT2D eigenvalue weighted by Gasteiger charge is -2.07. The molecule has 0 fully saturated rings. The van der Waals surface area contributed by atoms with E-state index in [1.165, 1.54) is 0 Å². The summed E-state index contributed by atoms with van der Waals surface area (Å²) in [5.74, 6) is 0.494. The number of aryl methyl sites for hydroxylation is 1. The largest absolute Gasteiger partial charge is 0.480 e. The van der Waals surface area contributed by atoms with Crippen LogP contribution in [0, 0.1) is 6.92 Å². The van der Waals surface area contributed by atoms with Gasteiger partial charge in [-0.15, -0.1) is 0 Å². The maximum Gasteiger partial charge on any atom is 0.237 e. The first kappa shape index (κ1) is 10.6. The number of nitrogens with two attached hydrogens (primary N) is 1. The van der Waals surface area contributed by atoms with E-state index in [2.05, 4.69) is 27.5 Å². The molecule has 1 rings (SSSR count). The molecule has 1 aromatic rings. The van der Waals surface area contributed by atoms with Crippen molar-refractivity contribution in [2.75, 3.05) is 7.11 Å². The number of methoxy groups -OCH3 is 1. The van der Waals surface area contributed by atoms with E-state index in [0.29, 0.717) is 18.1 Å². The summed E-state index contributed by atoms with van der Waals surface area (Å²) in [6.07, 6.45) is 1.67. The molecule has 0 spiro atoms. The van der Waals surface area contributed by atoms with Crippen molar-refractivity contribution in [3.63, 3.8) is 0 Å². The summed E-state index contributed by atoms with van der Waals surface area (Å²) in [6.45, 7) is 2.27. The van der Waals surface area contributed by atoms with E-state index in [1.807, 2.05) is 6.92 Å². The van der Waals surface area contributed by atoms with Crippen LogP contribution in [0.1, 0.15) is 11.4 Å². The highest BCUT2D eigenvalue weighted by Gasteiger charge is 2.05. The Labute approximate surface area is 87.7 Å². The third-order valence-electron chi connectivity index (χ3n) is 1.56. The quantitative estimate of drug-likeness (QED) is 0.694. The highest BCUT2D eigenvalue weighted by Crippen LogP contribution is 2.11. The summed E-state index contributed by atoms with van der Waals surface area (Å²) >= 11 is 4.68. The van der Waals surface area contributed by atoms with E-state index in [0.717, 1.165) is 5.69 Å². The van der Waals surface area contributed by atoms with Crippen LogP contribution in [0.15, 0.2) is 6.20 Å². The van der Waals surface area contributed by atoms with Crippen molar-refractivity contribution in [2.45, 2.75) is 13.5 Å². The molecule has 0 unspecified atom stereocenters. The number of rotatable bonds is 3. The van der Waals surface area contributed by atoms with Crippen LogP contribution in [0.4, 0.5) is 0 Å². The third-order valence-corrected chi connectivity index (χ3v) is 1.70. The molecule has 76 valence electrons. The van der Waals surface area contributed by atoms with E-state index >= 15 is 0 Å². The third kappa shape index (κ3) is 2.81. The Morgan fingerprint density at radius 1 is 1.71 bits per heavy atom. The van der Waals surface area contributed by atoms with Crippen LogP contribution in [-0.4, -0.2) is 22.2 Å². The molecule has 0 saturated heterocycles. The minimum Gasteiger partial charge on any atom is -0.480 e. The average Bonchev–Trinajstić information content (AvgIpc) is 2.15. The molecule has 5 nitrogen and oxygen atoms in total. The summed E-state index contributed by atoms with van der Waals surface area (Å²) in [5, 5.41) is 3.01. The number of thiocarbonyl (C=S) groups is 1. The van der Waals surface area contributed by atoms with Gasteiger partial charge in [0.2, 0.25) is 5.88 Å². The van der Waals surface area contributed by atoms with Gasteiger partial charge in [0.1, 0.15) is 5.69 Å². The van der Waals surface area contributed by atoms with Gasteiger partial charge in [0.25, 0.3) is 0 Å². The Bertz CT molecular complexity index is 342. The molecule has 6 heteroatoms. The molecule has 14 heavy (non-hydrogen) atoms. The lowest BCUT2D eigenvalue weighted by atomic mass is 10.4. The second kappa shape index (κ2) is 4.71. The molecule has 0 radical (unpaired) electrons. The maximum absolute atomic E-state index is 5.29. The van der Waals surface area contributed by atoms with Crippen LogP contribution in [0.25, 0.3) is 0 Å². The Hall–Kier alpha value is -1.43. The van der Waals surface area contributed by atoms with Crippen LogP contribution < -0.4 is 15.8 Å². The normalized spacial score (nSPS) is 9.57. The molecular formula is C8H12N4OS. The minimum atomic E-state index is 0.231. The zero-order chi connectivity index (χ0) is 10.6. The lowest BCUT2D eigenvalue weighted by Crippen LogP contribution is -2.29. The second-order valence-corrected chi connectivity index (χ2v) is 3.12. The Kier molecular flexibility index (Phi) is 3.58. The highest BCUT2D eigenvalue weighted by molar-refractivity contribution is 7.80. The second-order valence-electron chi connectivity index (χ2n) is 2.69. The van der Waals surface area contributed by atoms with E-state index < -0.39 is 0 Å². The molecule has 0 aliphatic rings. The Morgan fingerprint density at radius 2 is 2.43 bits per heavy atom. The van der Waals surface area contributed by atoms with Crippen LogP contribution >= 0.6 is 12.2 Å². The molecule has 3 N–H and O–H groups in total. The first-order valence-electron chi connectivity index (χ1n) is 4.03. The van der Waals surface area contributed by atoms with Crippen LogP contribution in [-0.2, 0) is 6.54 Å². The number of nitrogens with zero attached hydrogens (tertiary/aromatic N) is 2. The topological polar surface area (TPSA) is 73.1 Å². The molecule has 0 amide bonds. The zero-order valence-electron chi connectivity index (χ0n) is 8.07. The van der Waals surface area contributed by atoms with Gasteiger partial charge in [0.15, 0.2) is 5.11 Å². The predicted octanol–water partition coefficient (Wildman–Crippen LogP) is 0.127. The van der Waals surface area contributed by atoms with Crippen LogP contribution in [0.3, 0.4) is 0 Å². The van der Waals surface area contributed by atoms with Gasteiger partial charge >= 0.3 is 0 Å². The summed E-state index contributed by atoms with van der Waals surface area (Å²) in [5.41, 5.74) is 6.79. The minimum absolute atomic E-state index is 0.231. The fraction of sp³-hybridized carbons (Fsp3) is 0.375. The van der Waals surface area contributed by atoms with Crippen LogP contribution in [0.5, 0.6) is 5.88 Å². The first-order chi connectivity index (χ1) is 6.63.